The predicted molar refractivity (Wildman–Crippen MR) is 70.7 cm³/mol. The van der Waals surface area contributed by atoms with E-state index in [1.54, 1.807) is 0 Å². The zero-order chi connectivity index (χ0) is 12.3. The predicted octanol–water partition coefficient (Wildman–Crippen LogP) is 2.53. The maximum absolute atomic E-state index is 10.1. The first-order valence-electron chi connectivity index (χ1n) is 6.61. The Morgan fingerprint density at radius 1 is 1.29 bits per heavy atom. The van der Waals surface area contributed by atoms with Crippen molar-refractivity contribution >= 4 is 0 Å². The van der Waals surface area contributed by atoms with E-state index in [1.807, 2.05) is 6.07 Å². The van der Waals surface area contributed by atoms with E-state index >= 15 is 0 Å². The second-order valence-corrected chi connectivity index (χ2v) is 5.48. The third-order valence-corrected chi connectivity index (χ3v) is 3.82. The number of aliphatic hydroxyl groups excluding tert-OH is 1. The van der Waals surface area contributed by atoms with Gasteiger partial charge in [-0.05, 0) is 30.4 Å². The van der Waals surface area contributed by atoms with Gasteiger partial charge in [0.2, 0.25) is 0 Å². The highest BCUT2D eigenvalue weighted by atomic mass is 16.3. The van der Waals surface area contributed by atoms with Gasteiger partial charge in [0.05, 0.1) is 6.10 Å². The van der Waals surface area contributed by atoms with E-state index in [-0.39, 0.29) is 6.10 Å². The molecule has 1 aliphatic heterocycles. The summed E-state index contributed by atoms with van der Waals surface area (Å²) in [6.45, 7) is 7.30. The number of rotatable bonds is 3. The van der Waals surface area contributed by atoms with Crippen LogP contribution < -0.4 is 0 Å². The highest BCUT2D eigenvalue weighted by molar-refractivity contribution is 5.14. The van der Waals surface area contributed by atoms with Crippen molar-refractivity contribution in [1.82, 2.24) is 4.90 Å². The molecule has 94 valence electrons. The lowest BCUT2D eigenvalue weighted by Gasteiger charge is -2.37. The van der Waals surface area contributed by atoms with Crippen LogP contribution in [0, 0.1) is 11.8 Å². The highest BCUT2D eigenvalue weighted by Gasteiger charge is 2.29. The molecule has 0 radical (unpaired) electrons. The van der Waals surface area contributed by atoms with Gasteiger partial charge in [-0.2, -0.15) is 0 Å². The van der Waals surface area contributed by atoms with Crippen LogP contribution in [0.15, 0.2) is 30.3 Å². The lowest BCUT2D eigenvalue weighted by Crippen LogP contribution is -2.44. The van der Waals surface area contributed by atoms with Gasteiger partial charge < -0.3 is 5.11 Å². The number of hydrogen-bond acceptors (Lipinski definition) is 2. The number of piperidine rings is 1. The van der Waals surface area contributed by atoms with E-state index in [0.717, 1.165) is 26.1 Å². The third kappa shape index (κ3) is 3.30. The highest BCUT2D eigenvalue weighted by Crippen LogP contribution is 2.25. The Kier molecular flexibility index (Phi) is 4.19. The standard InChI is InChI=1S/C15H23NO/c1-12(2)14-8-9-16(11-15(14)17)10-13-6-4-3-5-7-13/h3-7,12,14-15,17H,8-11H2,1-2H3/t14-,15+/m0/s1. The van der Waals surface area contributed by atoms with E-state index in [0.29, 0.717) is 11.8 Å². The van der Waals surface area contributed by atoms with Gasteiger partial charge >= 0.3 is 0 Å². The summed E-state index contributed by atoms with van der Waals surface area (Å²) >= 11 is 0. The fraction of sp³-hybridized carbons (Fsp3) is 0.600. The summed E-state index contributed by atoms with van der Waals surface area (Å²) in [7, 11) is 0. The van der Waals surface area contributed by atoms with Crippen LogP contribution in [0.4, 0.5) is 0 Å². The summed E-state index contributed by atoms with van der Waals surface area (Å²) in [5.74, 6) is 1.06. The lowest BCUT2D eigenvalue weighted by atomic mass is 9.84. The second kappa shape index (κ2) is 5.65. The molecule has 1 saturated heterocycles. The average molecular weight is 233 g/mol. The van der Waals surface area contributed by atoms with Crippen LogP contribution in [-0.4, -0.2) is 29.2 Å². The fourth-order valence-corrected chi connectivity index (χ4v) is 2.78. The van der Waals surface area contributed by atoms with Gasteiger partial charge in [0.15, 0.2) is 0 Å². The lowest BCUT2D eigenvalue weighted by molar-refractivity contribution is 0.000185. The minimum atomic E-state index is -0.160. The SMILES string of the molecule is CC(C)[C@@H]1CCN(Cc2ccccc2)C[C@H]1O. The number of hydrogen-bond donors (Lipinski definition) is 1. The van der Waals surface area contributed by atoms with Gasteiger partial charge in [0, 0.05) is 13.1 Å². The Morgan fingerprint density at radius 3 is 2.59 bits per heavy atom. The molecule has 0 aromatic heterocycles. The van der Waals surface area contributed by atoms with Crippen molar-refractivity contribution in [2.45, 2.75) is 32.9 Å². The van der Waals surface area contributed by atoms with Crippen molar-refractivity contribution in [2.75, 3.05) is 13.1 Å². The number of aliphatic hydroxyl groups is 1. The first-order chi connectivity index (χ1) is 8.16. The number of β-amino-alcohol motifs (C(OH)–C–C–N with tert-alkyl or cyclic N) is 1. The van der Waals surface area contributed by atoms with Gasteiger partial charge in [-0.25, -0.2) is 0 Å². The summed E-state index contributed by atoms with van der Waals surface area (Å²) in [6.07, 6.45) is 0.957. The molecule has 2 heteroatoms. The Balaban J connectivity index is 1.90. The smallest absolute Gasteiger partial charge is 0.0698 e. The maximum Gasteiger partial charge on any atom is 0.0698 e. The molecule has 0 unspecified atom stereocenters. The molecule has 1 aliphatic rings. The van der Waals surface area contributed by atoms with Gasteiger partial charge in [0.1, 0.15) is 0 Å². The molecule has 0 aliphatic carbocycles. The van der Waals surface area contributed by atoms with Crippen LogP contribution in [0.3, 0.4) is 0 Å². The molecule has 2 nitrogen and oxygen atoms in total. The van der Waals surface area contributed by atoms with E-state index in [2.05, 4.69) is 43.0 Å². The molecule has 0 saturated carbocycles. The van der Waals surface area contributed by atoms with Gasteiger partial charge in [0.25, 0.3) is 0 Å². The summed E-state index contributed by atoms with van der Waals surface area (Å²) < 4.78 is 0. The number of likely N-dealkylation sites (tertiary alicyclic amines) is 1. The molecule has 1 aromatic carbocycles. The van der Waals surface area contributed by atoms with Crippen molar-refractivity contribution in [3.05, 3.63) is 35.9 Å². The van der Waals surface area contributed by atoms with Crippen LogP contribution in [0.5, 0.6) is 0 Å². The molecule has 1 N–H and O–H groups in total. The minimum absolute atomic E-state index is 0.160. The number of nitrogens with zero attached hydrogens (tertiary/aromatic N) is 1. The van der Waals surface area contributed by atoms with Gasteiger partial charge in [-0.3, -0.25) is 4.90 Å². The van der Waals surface area contributed by atoms with Crippen LogP contribution in [0.25, 0.3) is 0 Å². The van der Waals surface area contributed by atoms with Crippen molar-refractivity contribution in [1.29, 1.82) is 0 Å². The summed E-state index contributed by atoms with van der Waals surface area (Å²) in [4.78, 5) is 2.36. The van der Waals surface area contributed by atoms with Crippen molar-refractivity contribution in [3.8, 4) is 0 Å². The Hall–Kier alpha value is -0.860. The topological polar surface area (TPSA) is 23.5 Å². The van der Waals surface area contributed by atoms with Gasteiger partial charge in [-0.1, -0.05) is 44.2 Å². The van der Waals surface area contributed by atoms with E-state index in [4.69, 9.17) is 0 Å². The quantitative estimate of drug-likeness (QED) is 0.867. The normalized spacial score (nSPS) is 26.4. The van der Waals surface area contributed by atoms with E-state index < -0.39 is 0 Å². The van der Waals surface area contributed by atoms with Gasteiger partial charge in [-0.15, -0.1) is 0 Å². The average Bonchev–Trinajstić information content (AvgIpc) is 2.30. The summed E-state index contributed by atoms with van der Waals surface area (Å²) in [5, 5.41) is 10.1. The first kappa shape index (κ1) is 12.6. The zero-order valence-corrected chi connectivity index (χ0v) is 10.8. The number of benzene rings is 1. The molecule has 0 amide bonds. The third-order valence-electron chi connectivity index (χ3n) is 3.82. The molecule has 1 aromatic rings. The van der Waals surface area contributed by atoms with Crippen LogP contribution in [0.1, 0.15) is 25.8 Å². The summed E-state index contributed by atoms with van der Waals surface area (Å²) in [6, 6.07) is 10.5. The molecule has 2 rings (SSSR count). The van der Waals surface area contributed by atoms with E-state index in [9.17, 15) is 5.11 Å². The van der Waals surface area contributed by atoms with Crippen LogP contribution in [0.2, 0.25) is 0 Å². The molecule has 1 fully saturated rings. The fourth-order valence-electron chi connectivity index (χ4n) is 2.78. The van der Waals surface area contributed by atoms with Crippen molar-refractivity contribution < 1.29 is 5.11 Å². The molecule has 0 bridgehead atoms. The van der Waals surface area contributed by atoms with Crippen molar-refractivity contribution in [2.24, 2.45) is 11.8 Å². The maximum atomic E-state index is 10.1. The van der Waals surface area contributed by atoms with Crippen LogP contribution >= 0.6 is 0 Å². The van der Waals surface area contributed by atoms with Crippen molar-refractivity contribution in [3.63, 3.8) is 0 Å². The molecule has 0 spiro atoms. The Bertz CT molecular complexity index is 336. The molecule has 1 heterocycles. The molecular weight excluding hydrogens is 210 g/mol. The Morgan fingerprint density at radius 2 is 2.00 bits per heavy atom. The largest absolute Gasteiger partial charge is 0.391 e. The first-order valence-corrected chi connectivity index (χ1v) is 6.61. The zero-order valence-electron chi connectivity index (χ0n) is 10.8. The summed E-state index contributed by atoms with van der Waals surface area (Å²) in [5.41, 5.74) is 1.34. The van der Waals surface area contributed by atoms with Crippen LogP contribution in [-0.2, 0) is 6.54 Å². The molecule has 2 atom stereocenters. The minimum Gasteiger partial charge on any atom is -0.391 e. The van der Waals surface area contributed by atoms with E-state index in [1.165, 1.54) is 5.56 Å². The Labute approximate surface area is 104 Å². The second-order valence-electron chi connectivity index (χ2n) is 5.48. The molecule has 17 heavy (non-hydrogen) atoms. The molecular formula is C15H23NO. The monoisotopic (exact) mass is 233 g/mol.